The maximum atomic E-state index is 6.05. The van der Waals surface area contributed by atoms with Gasteiger partial charge < -0.3 is 5.73 Å². The summed E-state index contributed by atoms with van der Waals surface area (Å²) in [4.78, 5) is 7.81. The first-order valence-corrected chi connectivity index (χ1v) is 5.79. The summed E-state index contributed by atoms with van der Waals surface area (Å²) in [5.41, 5.74) is 6.02. The van der Waals surface area contributed by atoms with Crippen LogP contribution in [-0.4, -0.2) is 17.0 Å². The molecule has 2 rings (SSSR count). The van der Waals surface area contributed by atoms with Gasteiger partial charge in [-0.25, -0.2) is 9.97 Å². The molecule has 17 heavy (non-hydrogen) atoms. The van der Waals surface area contributed by atoms with Gasteiger partial charge in [0.05, 0.1) is 10.0 Å². The van der Waals surface area contributed by atoms with Gasteiger partial charge in [0.2, 0.25) is 0 Å². The van der Waals surface area contributed by atoms with Crippen LogP contribution in [-0.2, 0) is 0 Å². The molecule has 0 aliphatic carbocycles. The minimum atomic E-state index is 0.419. The molecule has 0 saturated carbocycles. The molecular weight excluding hydrogens is 281 g/mol. The molecule has 2 N–H and O–H groups in total. The van der Waals surface area contributed by atoms with E-state index in [-0.39, 0.29) is 0 Å². The highest BCUT2D eigenvalue weighted by Gasteiger charge is 2.09. The molecule has 0 amide bonds. The summed E-state index contributed by atoms with van der Waals surface area (Å²) in [5.74, 6) is 0. The Morgan fingerprint density at radius 2 is 1.59 bits per heavy atom. The number of rotatable bonds is 1. The summed E-state index contributed by atoms with van der Waals surface area (Å²) in [6.07, 6.45) is 4.76. The van der Waals surface area contributed by atoms with E-state index in [0.29, 0.717) is 15.1 Å². The lowest BCUT2D eigenvalue weighted by Crippen LogP contribution is -1.84. The first kappa shape index (κ1) is 14.2. The Labute approximate surface area is 115 Å². The van der Waals surface area contributed by atoms with Crippen molar-refractivity contribution in [3.05, 3.63) is 45.9 Å². The van der Waals surface area contributed by atoms with Crippen molar-refractivity contribution in [1.82, 2.24) is 9.97 Å². The standard InChI is InChI=1S/C10H5Cl3N2.CH5N/c11-7-1-8(10(13)9(12)2-7)6-3-14-5-15-4-6;1-2/h1-5H;2H2,1H3. The van der Waals surface area contributed by atoms with Gasteiger partial charge in [0.1, 0.15) is 6.33 Å². The molecule has 1 aromatic carbocycles. The third kappa shape index (κ3) is 3.54. The number of nitrogens with zero attached hydrogens (tertiary/aromatic N) is 2. The second-order valence-corrected chi connectivity index (χ2v) is 4.10. The lowest BCUT2D eigenvalue weighted by molar-refractivity contribution is 1.17. The average Bonchev–Trinajstić information content (AvgIpc) is 2.37. The summed E-state index contributed by atoms with van der Waals surface area (Å²) in [6.45, 7) is 0. The zero-order chi connectivity index (χ0) is 12.8. The Kier molecular flexibility index (Phi) is 5.65. The van der Waals surface area contributed by atoms with E-state index in [1.807, 2.05) is 0 Å². The molecule has 0 unspecified atom stereocenters. The highest BCUT2D eigenvalue weighted by Crippen LogP contribution is 2.35. The molecule has 6 heteroatoms. The zero-order valence-electron chi connectivity index (χ0n) is 8.99. The molecule has 0 atom stereocenters. The Hall–Kier alpha value is -0.870. The molecule has 90 valence electrons. The fraction of sp³-hybridized carbons (Fsp3) is 0.0909. The number of benzene rings is 1. The van der Waals surface area contributed by atoms with Gasteiger partial charge in [0.15, 0.2) is 0 Å². The first-order valence-electron chi connectivity index (χ1n) is 4.66. The Bertz CT molecular complexity index is 489. The van der Waals surface area contributed by atoms with Crippen molar-refractivity contribution in [2.45, 2.75) is 0 Å². The van der Waals surface area contributed by atoms with Crippen molar-refractivity contribution < 1.29 is 0 Å². The van der Waals surface area contributed by atoms with Crippen LogP contribution in [0.15, 0.2) is 30.9 Å². The van der Waals surface area contributed by atoms with Gasteiger partial charge in [-0.05, 0) is 19.2 Å². The summed E-state index contributed by atoms with van der Waals surface area (Å²) in [6, 6.07) is 3.33. The maximum Gasteiger partial charge on any atom is 0.115 e. The summed E-state index contributed by atoms with van der Waals surface area (Å²) >= 11 is 17.9. The highest BCUT2D eigenvalue weighted by atomic mass is 35.5. The van der Waals surface area contributed by atoms with E-state index in [9.17, 15) is 0 Å². The van der Waals surface area contributed by atoms with Crippen molar-refractivity contribution in [2.24, 2.45) is 5.73 Å². The predicted molar refractivity (Wildman–Crippen MR) is 72.6 cm³/mol. The van der Waals surface area contributed by atoms with E-state index >= 15 is 0 Å². The average molecular weight is 291 g/mol. The van der Waals surface area contributed by atoms with Gasteiger partial charge in [-0.3, -0.25) is 0 Å². The van der Waals surface area contributed by atoms with E-state index < -0.39 is 0 Å². The summed E-state index contributed by atoms with van der Waals surface area (Å²) < 4.78 is 0. The first-order chi connectivity index (χ1) is 8.18. The normalized spacial score (nSPS) is 9.47. The number of hydrogen-bond donors (Lipinski definition) is 1. The predicted octanol–water partition coefficient (Wildman–Crippen LogP) is 3.68. The van der Waals surface area contributed by atoms with Crippen LogP contribution < -0.4 is 5.73 Å². The van der Waals surface area contributed by atoms with Crippen molar-refractivity contribution in [2.75, 3.05) is 7.05 Å². The Morgan fingerprint density at radius 3 is 2.18 bits per heavy atom. The largest absolute Gasteiger partial charge is 0.333 e. The number of nitrogens with two attached hydrogens (primary N) is 1. The van der Waals surface area contributed by atoms with Gasteiger partial charge in [0.25, 0.3) is 0 Å². The van der Waals surface area contributed by atoms with Gasteiger partial charge in [0, 0.05) is 28.5 Å². The molecule has 2 aromatic rings. The van der Waals surface area contributed by atoms with Crippen molar-refractivity contribution in [3.8, 4) is 11.1 Å². The van der Waals surface area contributed by atoms with Crippen molar-refractivity contribution in [3.63, 3.8) is 0 Å². The zero-order valence-corrected chi connectivity index (χ0v) is 11.3. The molecular formula is C11H10Cl3N3. The molecule has 0 saturated heterocycles. The quantitative estimate of drug-likeness (QED) is 0.815. The molecule has 0 aliphatic rings. The van der Waals surface area contributed by atoms with Crippen LogP contribution in [0.4, 0.5) is 0 Å². The summed E-state index contributed by atoms with van der Waals surface area (Å²) in [7, 11) is 1.50. The molecule has 1 aromatic heterocycles. The third-order valence-electron chi connectivity index (χ3n) is 1.86. The monoisotopic (exact) mass is 289 g/mol. The summed E-state index contributed by atoms with van der Waals surface area (Å²) in [5, 5.41) is 1.40. The molecule has 0 aliphatic heterocycles. The van der Waals surface area contributed by atoms with E-state index in [4.69, 9.17) is 34.8 Å². The minimum absolute atomic E-state index is 0.419. The van der Waals surface area contributed by atoms with Gasteiger partial charge in [-0.1, -0.05) is 34.8 Å². The van der Waals surface area contributed by atoms with Gasteiger partial charge >= 0.3 is 0 Å². The van der Waals surface area contributed by atoms with Gasteiger partial charge in [-0.2, -0.15) is 0 Å². The topological polar surface area (TPSA) is 51.8 Å². The fourth-order valence-electron chi connectivity index (χ4n) is 1.20. The molecule has 0 bridgehead atoms. The third-order valence-corrected chi connectivity index (χ3v) is 2.88. The van der Waals surface area contributed by atoms with Crippen LogP contribution in [0.25, 0.3) is 11.1 Å². The van der Waals surface area contributed by atoms with E-state index in [0.717, 1.165) is 11.1 Å². The van der Waals surface area contributed by atoms with Crippen molar-refractivity contribution in [1.29, 1.82) is 0 Å². The van der Waals surface area contributed by atoms with E-state index in [1.165, 1.54) is 13.4 Å². The molecule has 3 nitrogen and oxygen atoms in total. The van der Waals surface area contributed by atoms with E-state index in [2.05, 4.69) is 15.7 Å². The Balaban J connectivity index is 0.000000686. The van der Waals surface area contributed by atoms with Crippen LogP contribution in [0.5, 0.6) is 0 Å². The van der Waals surface area contributed by atoms with Crippen molar-refractivity contribution >= 4 is 34.8 Å². The second-order valence-electron chi connectivity index (χ2n) is 2.88. The van der Waals surface area contributed by atoms with Crippen LogP contribution in [0.2, 0.25) is 15.1 Å². The van der Waals surface area contributed by atoms with Crippen LogP contribution >= 0.6 is 34.8 Å². The second kappa shape index (κ2) is 6.77. The molecule has 0 radical (unpaired) electrons. The van der Waals surface area contributed by atoms with Crippen LogP contribution in [0.1, 0.15) is 0 Å². The van der Waals surface area contributed by atoms with E-state index in [1.54, 1.807) is 24.5 Å². The number of aromatic nitrogens is 2. The highest BCUT2D eigenvalue weighted by molar-refractivity contribution is 6.45. The molecule has 1 heterocycles. The van der Waals surface area contributed by atoms with Crippen LogP contribution in [0.3, 0.4) is 0 Å². The Morgan fingerprint density at radius 1 is 1.00 bits per heavy atom. The molecule has 0 spiro atoms. The lowest BCUT2D eigenvalue weighted by Gasteiger charge is -2.05. The minimum Gasteiger partial charge on any atom is -0.333 e. The maximum absolute atomic E-state index is 6.05. The SMILES string of the molecule is CN.Clc1cc(Cl)c(Cl)c(-c2cncnc2)c1. The fourth-order valence-corrected chi connectivity index (χ4v) is 1.92. The van der Waals surface area contributed by atoms with Crippen LogP contribution in [0, 0.1) is 0 Å². The number of halogens is 3. The number of hydrogen-bond acceptors (Lipinski definition) is 3. The van der Waals surface area contributed by atoms with Gasteiger partial charge in [-0.15, -0.1) is 0 Å². The molecule has 0 fully saturated rings. The lowest BCUT2D eigenvalue weighted by atomic mass is 10.1. The smallest absolute Gasteiger partial charge is 0.115 e.